The number of pyridine rings is 2. The molecule has 1 amide bonds. The van der Waals surface area contributed by atoms with Gasteiger partial charge in [-0.2, -0.15) is 5.10 Å². The fourth-order valence-electron chi connectivity index (χ4n) is 6.87. The van der Waals surface area contributed by atoms with E-state index in [0.29, 0.717) is 12.0 Å². The summed E-state index contributed by atoms with van der Waals surface area (Å²) in [5.74, 6) is 1.49. The van der Waals surface area contributed by atoms with Crippen molar-refractivity contribution in [2.24, 2.45) is 5.41 Å². The summed E-state index contributed by atoms with van der Waals surface area (Å²) in [5, 5.41) is 4.40. The maximum atomic E-state index is 13.0. The Bertz CT molecular complexity index is 1580. The monoisotopic (exact) mass is 542 g/mol. The number of piperazine rings is 1. The molecule has 4 aromatic heterocycles. The van der Waals surface area contributed by atoms with Gasteiger partial charge in [0.15, 0.2) is 5.65 Å². The van der Waals surface area contributed by atoms with Crippen LogP contribution in [0.5, 0.6) is 0 Å². The Kier molecular flexibility index (Phi) is 6.08. The van der Waals surface area contributed by atoms with E-state index >= 15 is 0 Å². The number of ether oxygens (including phenoxy) is 1. The van der Waals surface area contributed by atoms with Crippen molar-refractivity contribution in [1.29, 1.82) is 0 Å². The van der Waals surface area contributed by atoms with Crippen molar-refractivity contribution in [2.45, 2.75) is 40.0 Å². The number of aromatic amines is 1. The summed E-state index contributed by atoms with van der Waals surface area (Å²) in [4.78, 5) is 32.9. The number of hydrogen-bond donors (Lipinski definition) is 1. The number of fused-ring (bicyclic) bond motifs is 2. The Labute approximate surface area is 234 Å². The van der Waals surface area contributed by atoms with E-state index in [4.69, 9.17) is 9.72 Å². The van der Waals surface area contributed by atoms with E-state index in [0.717, 1.165) is 98.2 Å². The smallest absolute Gasteiger partial charge is 0.236 e. The van der Waals surface area contributed by atoms with Gasteiger partial charge in [0.1, 0.15) is 12.1 Å². The number of hydrogen-bond acceptors (Lipinski definition) is 7. The number of carbonyl (C=O) groups is 1. The van der Waals surface area contributed by atoms with Crippen LogP contribution in [-0.4, -0.2) is 99.3 Å². The average Bonchev–Trinajstić information content (AvgIpc) is 3.68. The number of aryl methyl sites for hydroxylation is 1. The number of likely N-dealkylation sites (tertiary alicyclic amines) is 1. The fraction of sp³-hybridized carbons (Fsp3) is 0.533. The molecule has 3 aliphatic heterocycles. The van der Waals surface area contributed by atoms with E-state index in [1.807, 2.05) is 9.42 Å². The lowest BCUT2D eigenvalue weighted by Crippen LogP contribution is -2.60. The van der Waals surface area contributed by atoms with Crippen molar-refractivity contribution in [1.82, 2.24) is 34.4 Å². The zero-order valence-corrected chi connectivity index (χ0v) is 23.9. The highest BCUT2D eigenvalue weighted by atomic mass is 16.5. The van der Waals surface area contributed by atoms with E-state index in [-0.39, 0.29) is 11.8 Å². The highest BCUT2D eigenvalue weighted by molar-refractivity contribution is 5.90. The molecule has 3 saturated heterocycles. The molecule has 4 aromatic rings. The van der Waals surface area contributed by atoms with Crippen LogP contribution >= 0.6 is 0 Å². The predicted molar refractivity (Wildman–Crippen MR) is 155 cm³/mol. The molecular weight excluding hydrogens is 504 g/mol. The molecule has 0 bridgehead atoms. The first-order valence-corrected chi connectivity index (χ1v) is 14.5. The Morgan fingerprint density at radius 2 is 1.93 bits per heavy atom. The standard InChI is InChI=1S/C30H38N8O2/c1-19(2)26-27(22-13-38-29(31-18-32-38)21(4)20(22)3)33-23-5-6-24(34-28(23)26)36-8-10-37(11-9-36)25(39)14-35-15-30(16-35)7-12-40-17-30/h5-6,13,18-19,33H,7-12,14-17H2,1-4H3. The van der Waals surface area contributed by atoms with Crippen LogP contribution in [0, 0.1) is 19.3 Å². The van der Waals surface area contributed by atoms with Gasteiger partial charge >= 0.3 is 0 Å². The van der Waals surface area contributed by atoms with Gasteiger partial charge in [-0.3, -0.25) is 9.69 Å². The van der Waals surface area contributed by atoms with Gasteiger partial charge in [0, 0.05) is 68.6 Å². The number of carbonyl (C=O) groups excluding carboxylic acids is 1. The van der Waals surface area contributed by atoms with Gasteiger partial charge in [-0.15, -0.1) is 0 Å². The number of amides is 1. The van der Waals surface area contributed by atoms with Gasteiger partial charge < -0.3 is 19.5 Å². The second kappa shape index (κ2) is 9.55. The Morgan fingerprint density at radius 1 is 1.12 bits per heavy atom. The summed E-state index contributed by atoms with van der Waals surface area (Å²) >= 11 is 0. The van der Waals surface area contributed by atoms with E-state index in [1.54, 1.807) is 6.33 Å². The molecule has 0 aromatic carbocycles. The van der Waals surface area contributed by atoms with Crippen LogP contribution in [-0.2, 0) is 9.53 Å². The van der Waals surface area contributed by atoms with Crippen LogP contribution in [0.2, 0.25) is 0 Å². The molecule has 7 rings (SSSR count). The lowest BCUT2D eigenvalue weighted by Gasteiger charge is -2.47. The lowest BCUT2D eigenvalue weighted by atomic mass is 9.79. The van der Waals surface area contributed by atoms with Gasteiger partial charge in [-0.05, 0) is 49.4 Å². The zero-order valence-electron chi connectivity index (χ0n) is 23.9. The molecule has 0 saturated carbocycles. The third kappa shape index (κ3) is 4.16. The molecular formula is C30H38N8O2. The maximum absolute atomic E-state index is 13.0. The number of rotatable bonds is 5. The van der Waals surface area contributed by atoms with E-state index in [9.17, 15) is 4.79 Å². The maximum Gasteiger partial charge on any atom is 0.236 e. The molecule has 3 fully saturated rings. The molecule has 10 nitrogen and oxygen atoms in total. The summed E-state index contributed by atoms with van der Waals surface area (Å²) in [7, 11) is 0. The second-order valence-electron chi connectivity index (χ2n) is 12.3. The first-order valence-electron chi connectivity index (χ1n) is 14.5. The minimum atomic E-state index is 0.240. The minimum Gasteiger partial charge on any atom is -0.381 e. The molecule has 0 radical (unpaired) electrons. The van der Waals surface area contributed by atoms with Crippen LogP contribution in [0.1, 0.15) is 42.9 Å². The van der Waals surface area contributed by atoms with Crippen molar-refractivity contribution in [3.8, 4) is 11.3 Å². The van der Waals surface area contributed by atoms with Crippen molar-refractivity contribution >= 4 is 28.4 Å². The number of anilines is 1. The van der Waals surface area contributed by atoms with Crippen LogP contribution in [0.25, 0.3) is 27.9 Å². The third-order valence-corrected chi connectivity index (χ3v) is 9.26. The Hall–Kier alpha value is -3.50. The molecule has 0 atom stereocenters. The lowest BCUT2D eigenvalue weighted by molar-refractivity contribution is -0.136. The molecule has 7 heterocycles. The third-order valence-electron chi connectivity index (χ3n) is 9.26. The largest absolute Gasteiger partial charge is 0.381 e. The highest BCUT2D eigenvalue weighted by Crippen LogP contribution is 2.39. The normalized spacial score (nSPS) is 19.4. The first-order chi connectivity index (χ1) is 19.3. The Morgan fingerprint density at radius 3 is 2.65 bits per heavy atom. The molecule has 3 aliphatic rings. The predicted octanol–water partition coefficient (Wildman–Crippen LogP) is 3.38. The van der Waals surface area contributed by atoms with Gasteiger partial charge in [0.2, 0.25) is 5.91 Å². The molecule has 10 heteroatoms. The number of H-pyrrole nitrogens is 1. The molecule has 0 unspecified atom stereocenters. The summed E-state index contributed by atoms with van der Waals surface area (Å²) in [6.07, 6.45) is 4.80. The Balaban J connectivity index is 1.09. The van der Waals surface area contributed by atoms with Crippen LogP contribution in [0.15, 0.2) is 24.7 Å². The molecule has 1 N–H and O–H groups in total. The summed E-state index contributed by atoms with van der Waals surface area (Å²) < 4.78 is 7.43. The van der Waals surface area contributed by atoms with Crippen molar-refractivity contribution in [3.05, 3.63) is 41.3 Å². The number of nitrogens with one attached hydrogen (secondary N) is 1. The van der Waals surface area contributed by atoms with Gasteiger partial charge in [-0.25, -0.2) is 14.5 Å². The second-order valence-corrected chi connectivity index (χ2v) is 12.3. The van der Waals surface area contributed by atoms with E-state index < -0.39 is 0 Å². The first kappa shape index (κ1) is 25.5. The highest BCUT2D eigenvalue weighted by Gasteiger charge is 2.46. The van der Waals surface area contributed by atoms with E-state index in [2.05, 4.69) is 70.9 Å². The minimum absolute atomic E-state index is 0.240. The molecule has 210 valence electrons. The summed E-state index contributed by atoms with van der Waals surface area (Å²) in [6, 6.07) is 4.25. The molecule has 1 spiro atoms. The molecule has 40 heavy (non-hydrogen) atoms. The topological polar surface area (TPSA) is 94.9 Å². The number of aromatic nitrogens is 5. The van der Waals surface area contributed by atoms with Crippen molar-refractivity contribution in [2.75, 3.05) is 63.9 Å². The molecule has 0 aliphatic carbocycles. The van der Waals surface area contributed by atoms with E-state index in [1.165, 1.54) is 11.1 Å². The quantitative estimate of drug-likeness (QED) is 0.413. The summed E-state index contributed by atoms with van der Waals surface area (Å²) in [5.41, 5.74) is 9.01. The number of nitrogens with zero attached hydrogens (tertiary/aromatic N) is 7. The van der Waals surface area contributed by atoms with Gasteiger partial charge in [-0.1, -0.05) is 13.8 Å². The SMILES string of the molecule is Cc1c(-c2[nH]c3ccc(N4CCN(C(=O)CN5CC6(CCOC6)C5)CC4)nc3c2C(C)C)cn2ncnc2c1C. The average molecular weight is 543 g/mol. The van der Waals surface area contributed by atoms with Crippen LogP contribution < -0.4 is 4.90 Å². The summed E-state index contributed by atoms with van der Waals surface area (Å²) in [6.45, 7) is 16.0. The van der Waals surface area contributed by atoms with Crippen LogP contribution in [0.3, 0.4) is 0 Å². The fourth-order valence-corrected chi connectivity index (χ4v) is 6.87. The van der Waals surface area contributed by atoms with Gasteiger partial charge in [0.05, 0.1) is 29.9 Å². The van der Waals surface area contributed by atoms with Crippen LogP contribution in [0.4, 0.5) is 5.82 Å². The van der Waals surface area contributed by atoms with Crippen molar-refractivity contribution < 1.29 is 9.53 Å². The zero-order chi connectivity index (χ0) is 27.6. The van der Waals surface area contributed by atoms with Crippen molar-refractivity contribution in [3.63, 3.8) is 0 Å². The van der Waals surface area contributed by atoms with Gasteiger partial charge in [0.25, 0.3) is 0 Å².